The summed E-state index contributed by atoms with van der Waals surface area (Å²) < 4.78 is 1.43. The van der Waals surface area contributed by atoms with Crippen LogP contribution in [0.1, 0.15) is 20.8 Å². The van der Waals surface area contributed by atoms with Crippen molar-refractivity contribution in [3.05, 3.63) is 56.6 Å². The van der Waals surface area contributed by atoms with Gasteiger partial charge in [0.1, 0.15) is 11.4 Å². The van der Waals surface area contributed by atoms with Crippen molar-refractivity contribution in [1.82, 2.24) is 14.8 Å². The van der Waals surface area contributed by atoms with E-state index in [4.69, 9.17) is 28.9 Å². The minimum absolute atomic E-state index is 0.301. The molecular formula is C15H13Cl2N5OS. The zero-order valence-electron chi connectivity index (χ0n) is 12.6. The van der Waals surface area contributed by atoms with Gasteiger partial charge < -0.3 is 5.73 Å². The van der Waals surface area contributed by atoms with Gasteiger partial charge in [-0.05, 0) is 11.6 Å². The smallest absolute Gasteiger partial charge is 0.262 e. The molecule has 124 valence electrons. The number of halogens is 2. The number of thiazole rings is 1. The molecule has 0 unspecified atom stereocenters. The molecule has 0 atom stereocenters. The fourth-order valence-electron chi connectivity index (χ4n) is 2.11. The monoisotopic (exact) mass is 381 g/mol. The van der Waals surface area contributed by atoms with Gasteiger partial charge in [0.05, 0.1) is 16.2 Å². The number of benzene rings is 1. The Hall–Kier alpha value is -2.09. The molecule has 0 spiro atoms. The number of nitrogens with zero attached hydrogens (tertiary/aromatic N) is 3. The maximum Gasteiger partial charge on any atom is 0.262 e. The van der Waals surface area contributed by atoms with Crippen LogP contribution in [-0.2, 0) is 13.5 Å². The number of hydrogen-bond donors (Lipinski definition) is 2. The minimum Gasteiger partial charge on any atom is -0.383 e. The Bertz CT molecular complexity index is 905. The van der Waals surface area contributed by atoms with E-state index in [0.717, 1.165) is 10.4 Å². The highest BCUT2D eigenvalue weighted by atomic mass is 35.5. The minimum atomic E-state index is -0.345. The topological polar surface area (TPSA) is 85.8 Å². The number of nitrogens with one attached hydrogen (secondary N) is 1. The second kappa shape index (κ2) is 6.80. The molecule has 0 aliphatic heterocycles. The van der Waals surface area contributed by atoms with Gasteiger partial charge in [-0.2, -0.15) is 5.10 Å². The predicted molar refractivity (Wildman–Crippen MR) is 97.0 cm³/mol. The lowest BCUT2D eigenvalue weighted by atomic mass is 10.1. The highest BCUT2D eigenvalue weighted by Crippen LogP contribution is 2.29. The van der Waals surface area contributed by atoms with Crippen LogP contribution in [0.3, 0.4) is 0 Å². The number of rotatable bonds is 4. The summed E-state index contributed by atoms with van der Waals surface area (Å²) in [5.74, 6) is -0.0442. The van der Waals surface area contributed by atoms with Crippen LogP contribution in [-0.4, -0.2) is 20.7 Å². The summed E-state index contributed by atoms with van der Waals surface area (Å²) in [5, 5.41) is 8.19. The third kappa shape index (κ3) is 3.38. The number of anilines is 2. The number of nitrogens with two attached hydrogens (primary N) is 1. The molecule has 1 amide bonds. The van der Waals surface area contributed by atoms with E-state index in [1.165, 1.54) is 22.2 Å². The van der Waals surface area contributed by atoms with Crippen LogP contribution in [0.2, 0.25) is 10.0 Å². The summed E-state index contributed by atoms with van der Waals surface area (Å²) in [6, 6.07) is 5.49. The molecule has 3 rings (SSSR count). The first-order chi connectivity index (χ1) is 11.5. The van der Waals surface area contributed by atoms with Gasteiger partial charge in [0.2, 0.25) is 0 Å². The van der Waals surface area contributed by atoms with Gasteiger partial charge in [0.25, 0.3) is 5.91 Å². The van der Waals surface area contributed by atoms with Gasteiger partial charge in [-0.1, -0.05) is 35.3 Å². The van der Waals surface area contributed by atoms with E-state index >= 15 is 0 Å². The van der Waals surface area contributed by atoms with Crippen LogP contribution in [0, 0.1) is 0 Å². The Morgan fingerprint density at radius 3 is 2.88 bits per heavy atom. The highest BCUT2D eigenvalue weighted by molar-refractivity contribution is 7.15. The summed E-state index contributed by atoms with van der Waals surface area (Å²) in [4.78, 5) is 17.4. The van der Waals surface area contributed by atoms with Crippen molar-refractivity contribution in [3.8, 4) is 0 Å². The van der Waals surface area contributed by atoms with Gasteiger partial charge in [-0.3, -0.25) is 14.8 Å². The summed E-state index contributed by atoms with van der Waals surface area (Å²) in [7, 11) is 1.67. The largest absolute Gasteiger partial charge is 0.383 e. The average molecular weight is 382 g/mol. The van der Waals surface area contributed by atoms with E-state index < -0.39 is 0 Å². The lowest BCUT2D eigenvalue weighted by Crippen LogP contribution is -2.13. The zero-order valence-corrected chi connectivity index (χ0v) is 14.9. The molecule has 2 heterocycles. The molecule has 24 heavy (non-hydrogen) atoms. The van der Waals surface area contributed by atoms with Crippen molar-refractivity contribution in [2.24, 2.45) is 7.05 Å². The fourth-order valence-corrected chi connectivity index (χ4v) is 3.32. The first-order valence-corrected chi connectivity index (χ1v) is 8.49. The molecule has 2 aromatic heterocycles. The first-order valence-electron chi connectivity index (χ1n) is 6.92. The van der Waals surface area contributed by atoms with Crippen molar-refractivity contribution in [3.63, 3.8) is 0 Å². The van der Waals surface area contributed by atoms with Crippen LogP contribution in [0.5, 0.6) is 0 Å². The summed E-state index contributed by atoms with van der Waals surface area (Å²) in [5.41, 5.74) is 7.01. The molecule has 9 heteroatoms. The van der Waals surface area contributed by atoms with Crippen molar-refractivity contribution in [1.29, 1.82) is 0 Å². The number of carbonyl (C=O) groups excluding carboxylic acids is 1. The molecule has 0 aliphatic carbocycles. The van der Waals surface area contributed by atoms with Crippen LogP contribution < -0.4 is 11.1 Å². The molecule has 6 nitrogen and oxygen atoms in total. The molecule has 0 aliphatic rings. The molecule has 3 N–H and O–H groups in total. The maximum absolute atomic E-state index is 12.2. The molecule has 0 bridgehead atoms. The first kappa shape index (κ1) is 16.8. The molecule has 0 radical (unpaired) electrons. The second-order valence-electron chi connectivity index (χ2n) is 5.04. The Morgan fingerprint density at radius 2 is 2.17 bits per heavy atom. The van der Waals surface area contributed by atoms with E-state index in [0.29, 0.717) is 33.0 Å². The Balaban J connectivity index is 1.73. The Labute approximate surface area is 152 Å². The van der Waals surface area contributed by atoms with Crippen molar-refractivity contribution in [2.75, 3.05) is 11.1 Å². The number of aryl methyl sites for hydroxylation is 1. The Kier molecular flexibility index (Phi) is 4.75. The van der Waals surface area contributed by atoms with Crippen LogP contribution in [0.4, 0.5) is 10.9 Å². The zero-order chi connectivity index (χ0) is 17.3. The number of carbonyl (C=O) groups is 1. The third-order valence-electron chi connectivity index (χ3n) is 3.40. The van der Waals surface area contributed by atoms with Gasteiger partial charge in [0, 0.05) is 24.5 Å². The van der Waals surface area contributed by atoms with Crippen molar-refractivity contribution >= 4 is 51.4 Å². The highest BCUT2D eigenvalue weighted by Gasteiger charge is 2.15. The molecule has 3 aromatic rings. The van der Waals surface area contributed by atoms with Gasteiger partial charge >= 0.3 is 0 Å². The fraction of sp³-hybridized carbons (Fsp3) is 0.133. The number of aromatic nitrogens is 3. The van der Waals surface area contributed by atoms with Crippen molar-refractivity contribution in [2.45, 2.75) is 6.42 Å². The Morgan fingerprint density at radius 1 is 1.38 bits per heavy atom. The van der Waals surface area contributed by atoms with E-state index in [1.54, 1.807) is 19.3 Å². The van der Waals surface area contributed by atoms with E-state index in [-0.39, 0.29) is 5.91 Å². The van der Waals surface area contributed by atoms with E-state index in [9.17, 15) is 4.79 Å². The predicted octanol–water partition coefficient (Wildman–Crippen LogP) is 3.61. The van der Waals surface area contributed by atoms with Gasteiger partial charge in [-0.15, -0.1) is 11.3 Å². The molecule has 0 fully saturated rings. The lowest BCUT2D eigenvalue weighted by Gasteiger charge is -2.03. The van der Waals surface area contributed by atoms with Crippen LogP contribution in [0.15, 0.2) is 30.6 Å². The third-order valence-corrected chi connectivity index (χ3v) is 5.17. The molecule has 0 saturated heterocycles. The van der Waals surface area contributed by atoms with Crippen molar-refractivity contribution < 1.29 is 4.79 Å². The summed E-state index contributed by atoms with van der Waals surface area (Å²) in [6.45, 7) is 0. The number of hydrogen-bond acceptors (Lipinski definition) is 5. The van der Waals surface area contributed by atoms with Gasteiger partial charge in [-0.25, -0.2) is 4.98 Å². The van der Waals surface area contributed by atoms with E-state index in [1.807, 2.05) is 12.1 Å². The van der Waals surface area contributed by atoms with Gasteiger partial charge in [0.15, 0.2) is 5.13 Å². The second-order valence-corrected chi connectivity index (χ2v) is 6.94. The standard InChI is InChI=1S/C15H13Cl2N5OS/c1-22-13(18)10(7-20-22)14(23)21-15-19-6-9(24-15)5-8-3-2-4-11(16)12(8)17/h2-4,6-7H,5,18H2,1H3,(H,19,21,23). The average Bonchev–Trinajstić information content (AvgIpc) is 3.12. The number of nitrogen functional groups attached to an aromatic ring is 1. The normalized spacial score (nSPS) is 10.8. The summed E-state index contributed by atoms with van der Waals surface area (Å²) in [6.07, 6.45) is 3.71. The lowest BCUT2D eigenvalue weighted by molar-refractivity contribution is 0.102. The quantitative estimate of drug-likeness (QED) is 0.722. The van der Waals surface area contributed by atoms with E-state index in [2.05, 4.69) is 15.4 Å². The summed E-state index contributed by atoms with van der Waals surface area (Å²) >= 11 is 13.6. The van der Waals surface area contributed by atoms with Crippen LogP contribution >= 0.6 is 34.5 Å². The molecular weight excluding hydrogens is 369 g/mol. The molecule has 0 saturated carbocycles. The van der Waals surface area contributed by atoms with Crippen LogP contribution in [0.25, 0.3) is 0 Å². The SMILES string of the molecule is Cn1ncc(C(=O)Nc2ncc(Cc3cccc(Cl)c3Cl)s2)c1N. The number of amides is 1. The maximum atomic E-state index is 12.2. The molecule has 1 aromatic carbocycles.